The number of hydrogen-bond acceptors (Lipinski definition) is 6. The summed E-state index contributed by atoms with van der Waals surface area (Å²) in [6, 6.07) is -0.880. The Bertz CT molecular complexity index is 668. The van der Waals surface area contributed by atoms with Gasteiger partial charge in [-0.1, -0.05) is 16.9 Å². The fourth-order valence-electron chi connectivity index (χ4n) is 3.56. The van der Waals surface area contributed by atoms with Crippen LogP contribution in [0.3, 0.4) is 0 Å². The Labute approximate surface area is 133 Å². The highest BCUT2D eigenvalue weighted by Crippen LogP contribution is 2.64. The molecule has 0 saturated carbocycles. The summed E-state index contributed by atoms with van der Waals surface area (Å²) in [6.45, 7) is -0.529. The zero-order valence-corrected chi connectivity index (χ0v) is 13.2. The van der Waals surface area contributed by atoms with Gasteiger partial charge in [0.1, 0.15) is 11.9 Å². The van der Waals surface area contributed by atoms with E-state index in [-0.39, 0.29) is 12.3 Å². The van der Waals surface area contributed by atoms with Gasteiger partial charge in [-0.15, -0.1) is 0 Å². The summed E-state index contributed by atoms with van der Waals surface area (Å²) in [6.07, 6.45) is 1.50. The summed E-state index contributed by atoms with van der Waals surface area (Å²) in [5.41, 5.74) is 0.660. The molecule has 0 aromatic heterocycles. The van der Waals surface area contributed by atoms with Crippen molar-refractivity contribution in [3.05, 3.63) is 23.6 Å². The minimum atomic E-state index is -1.47. The van der Waals surface area contributed by atoms with Crippen molar-refractivity contribution < 1.29 is 24.2 Å². The predicted octanol–water partition coefficient (Wildman–Crippen LogP) is -0.00650. The third-order valence-corrected chi connectivity index (χ3v) is 8.43. The van der Waals surface area contributed by atoms with Crippen molar-refractivity contribution in [3.63, 3.8) is 0 Å². The summed E-state index contributed by atoms with van der Waals surface area (Å²) >= 11 is 0. The smallest absolute Gasteiger partial charge is 0.264 e. The highest BCUT2D eigenvalue weighted by molar-refractivity contribution is 8.78. The molecule has 4 fully saturated rings. The molecule has 2 bridgehead atoms. The van der Waals surface area contributed by atoms with E-state index in [1.54, 1.807) is 0 Å². The second kappa shape index (κ2) is 4.28. The Morgan fingerprint density at radius 1 is 1.36 bits per heavy atom. The number of allylic oxidation sites excluding steroid dienone is 2. The lowest BCUT2D eigenvalue weighted by Gasteiger charge is -2.58. The Balaban J connectivity index is 1.89. The molecule has 4 aliphatic heterocycles. The lowest BCUT2D eigenvalue weighted by Crippen LogP contribution is -2.77. The van der Waals surface area contributed by atoms with Crippen molar-refractivity contribution in [1.82, 2.24) is 9.80 Å². The minimum absolute atomic E-state index is 0.257. The largest absolute Gasteiger partial charge is 0.392 e. The molecule has 0 aromatic carbocycles. The molecule has 0 unspecified atom stereocenters. The number of carbonyl (C=O) groups is 2. The van der Waals surface area contributed by atoms with Gasteiger partial charge >= 0.3 is 0 Å². The van der Waals surface area contributed by atoms with E-state index in [4.69, 9.17) is 0 Å². The maximum atomic E-state index is 13.8. The number of hydrogen-bond donors (Lipinski definition) is 2. The van der Waals surface area contributed by atoms with Crippen LogP contribution in [0.2, 0.25) is 0 Å². The minimum Gasteiger partial charge on any atom is -0.392 e. The van der Waals surface area contributed by atoms with Crippen LogP contribution < -0.4 is 0 Å². The molecule has 2 N–H and O–H groups in total. The quantitative estimate of drug-likeness (QED) is 0.652. The van der Waals surface area contributed by atoms with E-state index in [0.717, 1.165) is 10.8 Å². The number of likely N-dealkylation sites (N-methyl/N-ethyl adjacent to an activating group) is 1. The van der Waals surface area contributed by atoms with Gasteiger partial charge in [0.2, 0.25) is 4.87 Å². The Morgan fingerprint density at radius 3 is 2.77 bits per heavy atom. The molecule has 2 amide bonds. The van der Waals surface area contributed by atoms with Crippen molar-refractivity contribution in [1.29, 1.82) is 0 Å². The second-order valence-electron chi connectivity index (χ2n) is 5.79. The maximum absolute atomic E-state index is 13.8. The summed E-state index contributed by atoms with van der Waals surface area (Å²) in [4.78, 5) is 25.7. The van der Waals surface area contributed by atoms with E-state index in [0.29, 0.717) is 5.57 Å². The van der Waals surface area contributed by atoms with E-state index >= 15 is 0 Å². The van der Waals surface area contributed by atoms with Gasteiger partial charge in [-0.3, -0.25) is 9.59 Å². The van der Waals surface area contributed by atoms with Crippen LogP contribution in [-0.2, 0) is 9.59 Å². The number of rotatable bonds is 1. The first-order chi connectivity index (χ1) is 10.4. The first-order valence-electron chi connectivity index (χ1n) is 6.73. The van der Waals surface area contributed by atoms with Crippen LogP contribution in [0.1, 0.15) is 6.42 Å². The van der Waals surface area contributed by atoms with Crippen LogP contribution in [0.15, 0.2) is 23.6 Å². The molecule has 1 aliphatic carbocycles. The van der Waals surface area contributed by atoms with E-state index in [1.165, 1.54) is 39.8 Å². The van der Waals surface area contributed by atoms with Gasteiger partial charge in [0, 0.05) is 13.5 Å². The number of fused-ring (bicyclic) bond motifs is 3. The molecule has 22 heavy (non-hydrogen) atoms. The van der Waals surface area contributed by atoms with Crippen LogP contribution in [-0.4, -0.2) is 67.4 Å². The number of amides is 2. The molecule has 5 rings (SSSR count). The van der Waals surface area contributed by atoms with Gasteiger partial charge in [0.05, 0.1) is 12.6 Å². The van der Waals surface area contributed by atoms with Gasteiger partial charge in [0.25, 0.3) is 11.8 Å². The Kier molecular flexibility index (Phi) is 2.83. The van der Waals surface area contributed by atoms with Crippen molar-refractivity contribution >= 4 is 33.4 Å². The molecule has 0 radical (unpaired) electrons. The molecule has 4 atom stereocenters. The van der Waals surface area contributed by atoms with Gasteiger partial charge in [-0.05, 0) is 22.4 Å². The topological polar surface area (TPSA) is 81.1 Å². The number of carbonyl (C=O) groups excluding carboxylic acids is 2. The lowest BCUT2D eigenvalue weighted by molar-refractivity contribution is -0.168. The Hall–Kier alpha value is -1.03. The fourth-order valence-corrected chi connectivity index (χ4v) is 7.13. The van der Waals surface area contributed by atoms with Crippen LogP contribution in [0.25, 0.3) is 0 Å². The van der Waals surface area contributed by atoms with Crippen molar-refractivity contribution in [2.45, 2.75) is 28.3 Å². The maximum Gasteiger partial charge on any atom is 0.264 e. The molecular formula is C13H13FN2O4S2. The van der Waals surface area contributed by atoms with Crippen LogP contribution in [0, 0.1) is 0 Å². The number of aliphatic hydroxyl groups excluding tert-OH is 2. The standard InChI is InChI=1S/C13H13FN2O4S2/c1-15-10(19)12-4-6-2-3-7(14)9(18)8(6)16(12)11(20)13(15,5-17)22-21-12/h2-3,8-9,17-18H,4-5H2,1H3/t8-,9-,12+,13+/m0/s1. The molecule has 6 nitrogen and oxygen atoms in total. The third kappa shape index (κ3) is 1.37. The number of piperazine rings is 1. The molecule has 0 aromatic rings. The number of halogens is 1. The monoisotopic (exact) mass is 344 g/mol. The zero-order chi connectivity index (χ0) is 15.9. The number of aliphatic hydroxyl groups is 2. The Morgan fingerprint density at radius 2 is 2.09 bits per heavy atom. The van der Waals surface area contributed by atoms with Crippen LogP contribution >= 0.6 is 21.6 Å². The van der Waals surface area contributed by atoms with E-state index in [1.807, 2.05) is 0 Å². The molecule has 4 heterocycles. The molecule has 9 heteroatoms. The molecule has 1 spiro atoms. The van der Waals surface area contributed by atoms with Gasteiger partial charge in [0.15, 0.2) is 4.87 Å². The highest BCUT2D eigenvalue weighted by atomic mass is 33.1. The van der Waals surface area contributed by atoms with Gasteiger partial charge < -0.3 is 20.0 Å². The molecule has 4 saturated heterocycles. The van der Waals surface area contributed by atoms with Crippen molar-refractivity contribution in [2.75, 3.05) is 13.7 Å². The summed E-state index contributed by atoms with van der Waals surface area (Å²) in [7, 11) is 3.86. The predicted molar refractivity (Wildman–Crippen MR) is 79.0 cm³/mol. The SMILES string of the molecule is CN1C(=O)[C@]23CC4=CC=C(F)[C@H](O)[C@H]4N2C(=O)[C@@]1(CO)SS3. The summed E-state index contributed by atoms with van der Waals surface area (Å²) < 4.78 is 13.8. The number of nitrogens with zero attached hydrogens (tertiary/aromatic N) is 2. The molecular weight excluding hydrogens is 331 g/mol. The first kappa shape index (κ1) is 14.6. The van der Waals surface area contributed by atoms with E-state index in [2.05, 4.69) is 0 Å². The highest BCUT2D eigenvalue weighted by Gasteiger charge is 2.73. The van der Waals surface area contributed by atoms with E-state index in [9.17, 15) is 24.2 Å². The first-order valence-corrected chi connectivity index (χ1v) is 8.88. The van der Waals surface area contributed by atoms with Crippen LogP contribution in [0.4, 0.5) is 4.39 Å². The van der Waals surface area contributed by atoms with Crippen molar-refractivity contribution in [3.8, 4) is 0 Å². The average molecular weight is 344 g/mol. The normalized spacial score (nSPS) is 43.1. The molecule has 5 aliphatic rings. The summed E-state index contributed by atoms with van der Waals surface area (Å²) in [5.74, 6) is -1.48. The van der Waals surface area contributed by atoms with Gasteiger partial charge in [-0.2, -0.15) is 0 Å². The lowest BCUT2D eigenvalue weighted by atomic mass is 9.96. The van der Waals surface area contributed by atoms with Gasteiger partial charge in [-0.25, -0.2) is 4.39 Å². The fraction of sp³-hybridized carbons (Fsp3) is 0.538. The third-order valence-electron chi connectivity index (χ3n) is 4.79. The average Bonchev–Trinajstić information content (AvgIpc) is 2.86. The zero-order valence-electron chi connectivity index (χ0n) is 11.5. The molecule has 118 valence electrons. The second-order valence-corrected chi connectivity index (χ2v) is 8.48. The van der Waals surface area contributed by atoms with E-state index < -0.39 is 40.2 Å². The van der Waals surface area contributed by atoms with Crippen molar-refractivity contribution in [2.24, 2.45) is 0 Å². The van der Waals surface area contributed by atoms with Crippen LogP contribution in [0.5, 0.6) is 0 Å². The summed E-state index contributed by atoms with van der Waals surface area (Å²) in [5, 5.41) is 19.9.